The summed E-state index contributed by atoms with van der Waals surface area (Å²) in [5.41, 5.74) is 3.01. The number of hydrogen-bond donors (Lipinski definition) is 0. The van der Waals surface area contributed by atoms with Crippen LogP contribution in [0.5, 0.6) is 0 Å². The summed E-state index contributed by atoms with van der Waals surface area (Å²) in [6.45, 7) is 1.24. The molecule has 1 atom stereocenters. The van der Waals surface area contributed by atoms with Crippen LogP contribution in [0.4, 0.5) is 0 Å². The van der Waals surface area contributed by atoms with Gasteiger partial charge in [-0.2, -0.15) is 0 Å². The van der Waals surface area contributed by atoms with Crippen molar-refractivity contribution in [3.05, 3.63) is 41.5 Å². The van der Waals surface area contributed by atoms with Crippen LogP contribution in [0.2, 0.25) is 4.73 Å². The van der Waals surface area contributed by atoms with Crippen LogP contribution >= 0.6 is 0 Å². The van der Waals surface area contributed by atoms with Gasteiger partial charge >= 0.3 is 101 Å². The third-order valence-corrected chi connectivity index (χ3v) is 5.00. The van der Waals surface area contributed by atoms with Crippen LogP contribution in [0.15, 0.2) is 30.3 Å². The summed E-state index contributed by atoms with van der Waals surface area (Å²) in [4.78, 5) is 2.29. The van der Waals surface area contributed by atoms with Gasteiger partial charge in [-0.1, -0.05) is 0 Å². The van der Waals surface area contributed by atoms with Crippen molar-refractivity contribution in [3.63, 3.8) is 0 Å². The van der Waals surface area contributed by atoms with E-state index in [1.54, 1.807) is 5.56 Å². The normalized spacial score (nSPS) is 15.8. The van der Waals surface area contributed by atoms with Gasteiger partial charge in [-0.15, -0.1) is 0 Å². The van der Waals surface area contributed by atoms with Gasteiger partial charge in [-0.05, 0) is 0 Å². The maximum Gasteiger partial charge on any atom is -1.00 e. The molecule has 0 heterocycles. The number of rotatable bonds is 4. The summed E-state index contributed by atoms with van der Waals surface area (Å²) in [6, 6.07) is 8.81. The zero-order valence-electron chi connectivity index (χ0n) is 10.2. The molecule has 1 aromatic carbocycles. The number of fused-ring (bicyclic) bond motifs is 1. The van der Waals surface area contributed by atoms with Crippen LogP contribution in [-0.2, 0) is 19.2 Å². The van der Waals surface area contributed by atoms with Gasteiger partial charge in [0.15, 0.2) is 0 Å². The molecule has 0 saturated carbocycles. The molecule has 0 fully saturated rings. The van der Waals surface area contributed by atoms with Crippen molar-refractivity contribution in [2.75, 3.05) is 20.6 Å². The van der Waals surface area contributed by atoms with Crippen LogP contribution in [0, 0.1) is 0 Å². The van der Waals surface area contributed by atoms with Gasteiger partial charge < -0.3 is 24.8 Å². The van der Waals surface area contributed by atoms with Crippen LogP contribution < -0.4 is 24.8 Å². The number of benzene rings is 1. The Morgan fingerprint density at radius 1 is 1.18 bits per heavy atom. The molecule has 1 aliphatic carbocycles. The molecule has 17 heavy (non-hydrogen) atoms. The fourth-order valence-electron chi connectivity index (χ4n) is 1.87. The molecule has 4 heteroatoms. The standard InChI is InChI=1S/C9H7.C4H10N.2ClH.Ti/c1-2-5-9-7-3-6-8(9)4-1;1-4-5(2)3;;;/h1-7H;1,4H2,2-3H3;2*1H;/q;;;;+2/p-2. The van der Waals surface area contributed by atoms with Gasteiger partial charge in [-0.3, -0.25) is 0 Å². The Balaban J connectivity index is 0.00000128. The molecule has 1 aromatic rings. The van der Waals surface area contributed by atoms with Crippen molar-refractivity contribution >= 4 is 6.08 Å². The number of allylic oxidation sites excluding steroid dienone is 1. The smallest absolute Gasteiger partial charge is 1.00 e. The Morgan fingerprint density at radius 3 is 2.59 bits per heavy atom. The topological polar surface area (TPSA) is 3.24 Å². The number of hydrogen-bond acceptors (Lipinski definition) is 1. The van der Waals surface area contributed by atoms with Gasteiger partial charge in [-0.25, -0.2) is 0 Å². The third-order valence-electron chi connectivity index (χ3n) is 2.72. The maximum absolute atomic E-state index is 2.40. The second-order valence-electron chi connectivity index (χ2n) is 4.22. The van der Waals surface area contributed by atoms with Gasteiger partial charge in [0.05, 0.1) is 0 Å². The summed E-state index contributed by atoms with van der Waals surface area (Å²) >= 11 is 0.134. The van der Waals surface area contributed by atoms with E-state index in [-0.39, 0.29) is 44.0 Å². The second-order valence-corrected chi connectivity index (χ2v) is 6.61. The van der Waals surface area contributed by atoms with E-state index < -0.39 is 0 Å². The summed E-state index contributed by atoms with van der Waals surface area (Å²) in [6.07, 6.45) is 4.69. The van der Waals surface area contributed by atoms with Crippen LogP contribution in [0.3, 0.4) is 0 Å². The summed E-state index contributed by atoms with van der Waals surface area (Å²) in [5, 5.41) is 0. The van der Waals surface area contributed by atoms with Crippen LogP contribution in [0.1, 0.15) is 15.3 Å². The first-order valence-electron chi connectivity index (χ1n) is 5.42. The van der Waals surface area contributed by atoms with Crippen molar-refractivity contribution in [3.8, 4) is 0 Å². The molecule has 1 unspecified atom stereocenters. The van der Waals surface area contributed by atoms with Gasteiger partial charge in [0.1, 0.15) is 0 Å². The van der Waals surface area contributed by atoms with Crippen LogP contribution in [-0.4, -0.2) is 25.5 Å². The number of nitrogens with zero attached hydrogens (tertiary/aromatic N) is 1. The van der Waals surface area contributed by atoms with E-state index in [0.717, 1.165) is 4.22 Å². The molecule has 92 valence electrons. The summed E-state index contributed by atoms with van der Waals surface area (Å²) in [5.74, 6) is 0. The van der Waals surface area contributed by atoms with E-state index in [2.05, 4.69) is 55.4 Å². The average molecular weight is 306 g/mol. The molecule has 0 radical (unpaired) electrons. The van der Waals surface area contributed by atoms with Crippen molar-refractivity contribution < 1.29 is 44.0 Å². The number of halogens is 2. The monoisotopic (exact) mass is 305 g/mol. The fourth-order valence-corrected chi connectivity index (χ4v) is 4.37. The largest absolute Gasteiger partial charge is 1.00 e. The molecule has 0 N–H and O–H groups in total. The quantitative estimate of drug-likeness (QED) is 0.531. The van der Waals surface area contributed by atoms with E-state index in [1.165, 1.54) is 16.8 Å². The Kier molecular flexibility index (Phi) is 8.44. The third kappa shape index (κ3) is 4.77. The first-order valence-corrected chi connectivity index (χ1v) is 7.43. The molecule has 0 bridgehead atoms. The zero-order valence-corrected chi connectivity index (χ0v) is 13.2. The van der Waals surface area contributed by atoms with Crippen molar-refractivity contribution in [1.29, 1.82) is 0 Å². The van der Waals surface area contributed by atoms with E-state index >= 15 is 0 Å². The van der Waals surface area contributed by atoms with Crippen molar-refractivity contribution in [1.82, 2.24) is 4.90 Å². The molecule has 0 saturated heterocycles. The minimum absolute atomic E-state index is 0. The Bertz CT molecular complexity index is 366. The van der Waals surface area contributed by atoms with E-state index in [4.69, 9.17) is 0 Å². The van der Waals surface area contributed by atoms with Crippen molar-refractivity contribution in [2.45, 2.75) is 8.95 Å². The van der Waals surface area contributed by atoms with Gasteiger partial charge in [0, 0.05) is 0 Å². The zero-order chi connectivity index (χ0) is 10.7. The first kappa shape index (κ1) is 17.2. The average Bonchev–Trinajstić information content (AvgIpc) is 2.62. The Morgan fingerprint density at radius 2 is 1.88 bits per heavy atom. The minimum Gasteiger partial charge on any atom is -1.00 e. The molecular formula is C13H17Cl2NTi. The Labute approximate surface area is 125 Å². The predicted octanol–water partition coefficient (Wildman–Crippen LogP) is -3.18. The first-order chi connectivity index (χ1) is 7.27. The minimum atomic E-state index is 0. The van der Waals surface area contributed by atoms with E-state index in [0.29, 0.717) is 0 Å². The molecule has 0 amide bonds. The molecule has 0 aromatic heterocycles. The maximum atomic E-state index is 2.40. The van der Waals surface area contributed by atoms with E-state index in [1.807, 2.05) is 0 Å². The van der Waals surface area contributed by atoms with E-state index in [9.17, 15) is 0 Å². The predicted molar refractivity (Wildman–Crippen MR) is 61.6 cm³/mol. The van der Waals surface area contributed by atoms with Crippen molar-refractivity contribution in [2.24, 2.45) is 0 Å². The van der Waals surface area contributed by atoms with Crippen LogP contribution in [0.25, 0.3) is 6.08 Å². The molecule has 0 aliphatic heterocycles. The summed E-state index contributed by atoms with van der Waals surface area (Å²) in [7, 11) is 4.31. The molecule has 0 spiro atoms. The SMILES string of the molecule is CN(C)C[CH2][Ti+2][CH]1C=Cc2ccccc21.[Cl-].[Cl-]. The molecular weight excluding hydrogens is 289 g/mol. The van der Waals surface area contributed by atoms with Gasteiger partial charge in [0.25, 0.3) is 0 Å². The van der Waals surface area contributed by atoms with Gasteiger partial charge in [0.2, 0.25) is 0 Å². The Hall–Kier alpha value is 0.214. The summed E-state index contributed by atoms with van der Waals surface area (Å²) < 4.78 is 2.18. The fraction of sp³-hybridized carbons (Fsp3) is 0.385. The molecule has 2 rings (SSSR count). The molecule has 1 nitrogen and oxygen atoms in total. The second kappa shape index (κ2) is 8.34. The molecule has 1 aliphatic rings.